The third-order valence-electron chi connectivity index (χ3n) is 7.01. The normalized spacial score (nSPS) is 22.2. The van der Waals surface area contributed by atoms with E-state index in [1.54, 1.807) is 0 Å². The number of carbonyl (C=O) groups is 3. The number of aliphatic carboxylic acids is 1. The molecule has 8 heteroatoms. The van der Waals surface area contributed by atoms with E-state index in [9.17, 15) is 19.5 Å². The molecule has 2 unspecified atom stereocenters. The van der Waals surface area contributed by atoms with Crippen LogP contribution in [0.5, 0.6) is 0 Å². The molecule has 180 valence electrons. The van der Waals surface area contributed by atoms with Crippen LogP contribution >= 0.6 is 0 Å². The first-order valence-corrected chi connectivity index (χ1v) is 11.6. The Balaban J connectivity index is 1.41. The summed E-state index contributed by atoms with van der Waals surface area (Å²) in [6.45, 7) is 1.61. The van der Waals surface area contributed by atoms with Crippen molar-refractivity contribution in [3.63, 3.8) is 0 Å². The number of hydrogen-bond acceptors (Lipinski definition) is 5. The molecule has 0 bridgehead atoms. The van der Waals surface area contributed by atoms with Gasteiger partial charge in [-0.3, -0.25) is 4.79 Å². The molecule has 0 heterocycles. The van der Waals surface area contributed by atoms with E-state index < -0.39 is 29.6 Å². The van der Waals surface area contributed by atoms with Gasteiger partial charge in [-0.25, -0.2) is 9.59 Å². The van der Waals surface area contributed by atoms with Crippen molar-refractivity contribution in [2.45, 2.75) is 50.2 Å². The van der Waals surface area contributed by atoms with Crippen LogP contribution < -0.4 is 10.6 Å². The molecule has 8 nitrogen and oxygen atoms in total. The minimum absolute atomic E-state index is 0.0612. The van der Waals surface area contributed by atoms with Crippen LogP contribution in [-0.2, 0) is 14.3 Å². The van der Waals surface area contributed by atoms with Crippen LogP contribution in [0.25, 0.3) is 11.1 Å². The molecular formula is C26H30N2O6. The van der Waals surface area contributed by atoms with E-state index in [1.165, 1.54) is 0 Å². The van der Waals surface area contributed by atoms with E-state index in [-0.39, 0.29) is 25.0 Å². The number of benzene rings is 2. The summed E-state index contributed by atoms with van der Waals surface area (Å²) in [6.07, 6.45) is 0.554. The Kier molecular flexibility index (Phi) is 6.88. The van der Waals surface area contributed by atoms with Crippen LogP contribution in [0.2, 0.25) is 0 Å². The third-order valence-corrected chi connectivity index (χ3v) is 7.01. The van der Waals surface area contributed by atoms with Crippen molar-refractivity contribution in [3.05, 3.63) is 59.7 Å². The molecule has 1 fully saturated rings. The Morgan fingerprint density at radius 1 is 1.06 bits per heavy atom. The van der Waals surface area contributed by atoms with E-state index in [4.69, 9.17) is 9.84 Å². The number of alkyl carbamates (subject to hydrolysis) is 1. The van der Waals surface area contributed by atoms with Crippen LogP contribution in [-0.4, -0.2) is 53.0 Å². The third kappa shape index (κ3) is 4.77. The summed E-state index contributed by atoms with van der Waals surface area (Å²) in [7, 11) is 0. The van der Waals surface area contributed by atoms with Crippen molar-refractivity contribution in [2.75, 3.05) is 13.2 Å². The number of ether oxygens (including phenoxy) is 1. The molecule has 2 aliphatic carbocycles. The van der Waals surface area contributed by atoms with Crippen molar-refractivity contribution in [3.8, 4) is 11.1 Å². The molecule has 0 spiro atoms. The predicted octanol–water partition coefficient (Wildman–Crippen LogP) is 3.04. The van der Waals surface area contributed by atoms with Gasteiger partial charge in [0.15, 0.2) is 6.10 Å². The zero-order valence-corrected chi connectivity index (χ0v) is 19.1. The Morgan fingerprint density at radius 3 is 2.29 bits per heavy atom. The second kappa shape index (κ2) is 9.85. The molecule has 0 saturated heterocycles. The number of hydrogen-bond donors (Lipinski definition) is 4. The largest absolute Gasteiger partial charge is 0.479 e. The fourth-order valence-electron chi connectivity index (χ4n) is 5.18. The Hall–Kier alpha value is -3.39. The number of rotatable bonds is 7. The topological polar surface area (TPSA) is 125 Å². The van der Waals surface area contributed by atoms with Gasteiger partial charge < -0.3 is 25.6 Å². The van der Waals surface area contributed by atoms with Crippen LogP contribution in [0.15, 0.2) is 48.5 Å². The SMILES string of the molecule is CC1(NC(=O)OCC2c3ccccc3-c3ccccc32)CCCCC1C(=O)NC[C@H](O)C(=O)O. The molecule has 4 rings (SSSR count). The molecule has 2 amide bonds. The fraction of sp³-hybridized carbons (Fsp3) is 0.423. The maximum Gasteiger partial charge on any atom is 0.407 e. The van der Waals surface area contributed by atoms with Crippen molar-refractivity contribution < 1.29 is 29.3 Å². The minimum atomic E-state index is -1.67. The Labute approximate surface area is 198 Å². The van der Waals surface area contributed by atoms with Crippen molar-refractivity contribution in [1.82, 2.24) is 10.6 Å². The maximum absolute atomic E-state index is 12.8. The molecule has 34 heavy (non-hydrogen) atoms. The van der Waals surface area contributed by atoms with E-state index in [2.05, 4.69) is 34.9 Å². The van der Waals surface area contributed by atoms with Crippen LogP contribution in [0.4, 0.5) is 4.79 Å². The zero-order valence-electron chi connectivity index (χ0n) is 19.1. The van der Waals surface area contributed by atoms with Gasteiger partial charge in [-0.05, 0) is 42.0 Å². The monoisotopic (exact) mass is 466 g/mol. The lowest BCUT2D eigenvalue weighted by Crippen LogP contribution is -2.58. The summed E-state index contributed by atoms with van der Waals surface area (Å²) in [5.41, 5.74) is 3.70. The summed E-state index contributed by atoms with van der Waals surface area (Å²) < 4.78 is 5.67. The predicted molar refractivity (Wildman–Crippen MR) is 125 cm³/mol. The van der Waals surface area contributed by atoms with Gasteiger partial charge in [-0.15, -0.1) is 0 Å². The smallest absolute Gasteiger partial charge is 0.407 e. The van der Waals surface area contributed by atoms with Gasteiger partial charge in [0.1, 0.15) is 6.61 Å². The summed E-state index contributed by atoms with van der Waals surface area (Å²) >= 11 is 0. The molecule has 2 aliphatic rings. The summed E-state index contributed by atoms with van der Waals surface area (Å²) in [5, 5.41) is 23.7. The molecule has 0 aliphatic heterocycles. The standard InChI is InChI=1S/C26H30N2O6/c1-26(13-7-6-12-21(26)23(30)27-14-22(29)24(31)32)28-25(33)34-15-20-18-10-4-2-8-16(18)17-9-3-5-11-19(17)20/h2-5,8-11,20-22,29H,6-7,12-15H2,1H3,(H,27,30)(H,28,33)(H,31,32)/t21?,22-,26?/m0/s1. The van der Waals surface area contributed by atoms with Gasteiger partial charge in [0.05, 0.1) is 18.0 Å². The second-order valence-electron chi connectivity index (χ2n) is 9.27. The summed E-state index contributed by atoms with van der Waals surface area (Å²) in [5.74, 6) is -2.40. The summed E-state index contributed by atoms with van der Waals surface area (Å²) in [6, 6.07) is 16.2. The quantitative estimate of drug-likeness (QED) is 0.497. The number of carbonyl (C=O) groups excluding carboxylic acids is 2. The molecule has 0 radical (unpaired) electrons. The molecule has 3 atom stereocenters. The molecule has 0 aromatic heterocycles. The first-order chi connectivity index (χ1) is 16.3. The number of carboxylic acids is 1. The minimum Gasteiger partial charge on any atom is -0.479 e. The highest BCUT2D eigenvalue weighted by atomic mass is 16.5. The van der Waals surface area contributed by atoms with Gasteiger partial charge in [-0.1, -0.05) is 61.4 Å². The van der Waals surface area contributed by atoms with Gasteiger partial charge in [-0.2, -0.15) is 0 Å². The van der Waals surface area contributed by atoms with E-state index in [0.29, 0.717) is 12.8 Å². The number of carboxylic acid groups (broad SMARTS) is 1. The van der Waals surface area contributed by atoms with Crippen molar-refractivity contribution >= 4 is 18.0 Å². The van der Waals surface area contributed by atoms with Gasteiger partial charge in [0, 0.05) is 5.92 Å². The fourth-order valence-corrected chi connectivity index (χ4v) is 5.18. The zero-order chi connectivity index (χ0) is 24.3. The summed E-state index contributed by atoms with van der Waals surface area (Å²) in [4.78, 5) is 36.4. The Bertz CT molecular complexity index is 1040. The number of nitrogens with one attached hydrogen (secondary N) is 2. The number of aliphatic hydroxyl groups is 1. The van der Waals surface area contributed by atoms with Crippen LogP contribution in [0, 0.1) is 5.92 Å². The average molecular weight is 467 g/mol. The number of aliphatic hydroxyl groups excluding tert-OH is 1. The lowest BCUT2D eigenvalue weighted by Gasteiger charge is -2.40. The molecule has 4 N–H and O–H groups in total. The van der Waals surface area contributed by atoms with Crippen molar-refractivity contribution in [2.24, 2.45) is 5.92 Å². The van der Waals surface area contributed by atoms with Crippen LogP contribution in [0.3, 0.4) is 0 Å². The lowest BCUT2D eigenvalue weighted by molar-refractivity contribution is -0.146. The second-order valence-corrected chi connectivity index (χ2v) is 9.27. The molecule has 2 aromatic carbocycles. The molecule has 1 saturated carbocycles. The van der Waals surface area contributed by atoms with E-state index >= 15 is 0 Å². The number of amides is 2. The van der Waals surface area contributed by atoms with E-state index in [1.807, 2.05) is 31.2 Å². The molecular weight excluding hydrogens is 436 g/mol. The number of fused-ring (bicyclic) bond motifs is 3. The van der Waals surface area contributed by atoms with Gasteiger partial charge >= 0.3 is 12.1 Å². The maximum atomic E-state index is 12.8. The first-order valence-electron chi connectivity index (χ1n) is 11.6. The highest BCUT2D eigenvalue weighted by Gasteiger charge is 2.43. The average Bonchev–Trinajstić information content (AvgIpc) is 3.14. The van der Waals surface area contributed by atoms with Crippen LogP contribution in [0.1, 0.15) is 49.7 Å². The molecule has 2 aromatic rings. The van der Waals surface area contributed by atoms with Gasteiger partial charge in [0.25, 0.3) is 0 Å². The lowest BCUT2D eigenvalue weighted by atomic mass is 9.73. The first kappa shape index (κ1) is 23.8. The highest BCUT2D eigenvalue weighted by molar-refractivity contribution is 5.83. The highest BCUT2D eigenvalue weighted by Crippen LogP contribution is 2.44. The van der Waals surface area contributed by atoms with Gasteiger partial charge in [0.2, 0.25) is 5.91 Å². The van der Waals surface area contributed by atoms with E-state index in [0.717, 1.165) is 35.1 Å². The Morgan fingerprint density at radius 2 is 1.68 bits per heavy atom. The van der Waals surface area contributed by atoms with Crippen molar-refractivity contribution in [1.29, 1.82) is 0 Å².